The van der Waals surface area contributed by atoms with Crippen LogP contribution in [-0.4, -0.2) is 58.4 Å². The van der Waals surface area contributed by atoms with E-state index in [2.05, 4.69) is 34.1 Å². The van der Waals surface area contributed by atoms with Gasteiger partial charge in [-0.1, -0.05) is 49.9 Å². The fraction of sp³-hybridized carbons (Fsp3) is 0.467. The van der Waals surface area contributed by atoms with Crippen molar-refractivity contribution in [3.63, 3.8) is 0 Å². The first-order valence-corrected chi connectivity index (χ1v) is 13.9. The topological polar surface area (TPSA) is 116 Å². The van der Waals surface area contributed by atoms with Crippen LogP contribution in [0.5, 0.6) is 0 Å². The predicted octanol–water partition coefficient (Wildman–Crippen LogP) is 4.45. The number of unbranched alkanes of at least 4 members (excludes halogenated alkanes) is 5. The van der Waals surface area contributed by atoms with Gasteiger partial charge in [-0.15, -0.1) is 0 Å². The Hall–Kier alpha value is -3.72. The number of aliphatic hydroxyl groups is 1. The molecular formula is C30H40N4O5. The lowest BCUT2D eigenvalue weighted by Crippen LogP contribution is -2.29. The summed E-state index contributed by atoms with van der Waals surface area (Å²) in [6.45, 7) is 2.68. The fourth-order valence-electron chi connectivity index (χ4n) is 4.79. The maximum atomic E-state index is 11.6. The number of nitrogens with zero attached hydrogens (tertiary/aromatic N) is 4. The Morgan fingerprint density at radius 2 is 1.67 bits per heavy atom. The lowest BCUT2D eigenvalue weighted by molar-refractivity contribution is -0.137. The van der Waals surface area contributed by atoms with Crippen molar-refractivity contribution in [2.45, 2.75) is 64.3 Å². The summed E-state index contributed by atoms with van der Waals surface area (Å²) in [5.74, 6) is -1.11. The summed E-state index contributed by atoms with van der Waals surface area (Å²) >= 11 is 0. The highest BCUT2D eigenvalue weighted by Gasteiger charge is 2.13. The van der Waals surface area contributed by atoms with E-state index in [0.717, 1.165) is 43.1 Å². The molecule has 0 spiro atoms. The number of carbonyl (C=O) groups is 2. The lowest BCUT2D eigenvalue weighted by Gasteiger charge is -2.29. The maximum absolute atomic E-state index is 11.6. The van der Waals surface area contributed by atoms with Gasteiger partial charge in [0.15, 0.2) is 0 Å². The number of aromatic nitrogens is 2. The molecule has 3 aromatic rings. The van der Waals surface area contributed by atoms with Crippen LogP contribution in [0.1, 0.15) is 57.8 Å². The first-order chi connectivity index (χ1) is 19.0. The Labute approximate surface area is 229 Å². The summed E-state index contributed by atoms with van der Waals surface area (Å²) in [5, 5.41) is 20.0. The molecule has 2 N–H and O–H groups in total. The minimum Gasteiger partial charge on any atom is -0.480 e. The van der Waals surface area contributed by atoms with E-state index < -0.39 is 18.1 Å². The van der Waals surface area contributed by atoms with Gasteiger partial charge in [0.05, 0.1) is 17.6 Å². The Bertz CT molecular complexity index is 1230. The van der Waals surface area contributed by atoms with Crippen molar-refractivity contribution >= 4 is 34.5 Å². The molecule has 1 aliphatic rings. The number of aliphatic carboxylic acids is 1. The summed E-state index contributed by atoms with van der Waals surface area (Å²) in [6.07, 6.45) is 15.8. The van der Waals surface area contributed by atoms with E-state index in [1.807, 2.05) is 12.4 Å². The second-order valence-electron chi connectivity index (χ2n) is 9.82. The number of hydrogen-bond acceptors (Lipinski definition) is 6. The predicted molar refractivity (Wildman–Crippen MR) is 154 cm³/mol. The molecule has 3 heterocycles. The number of carbonyl (C=O) groups excluding carboxylic acids is 1. The molecular weight excluding hydrogens is 496 g/mol. The number of aliphatic hydroxyl groups excluding tert-OH is 1. The zero-order valence-electron chi connectivity index (χ0n) is 22.6. The van der Waals surface area contributed by atoms with Gasteiger partial charge in [0.25, 0.3) is 5.56 Å². The third-order valence-corrected chi connectivity index (χ3v) is 6.88. The van der Waals surface area contributed by atoms with Crippen LogP contribution < -0.4 is 15.4 Å². The van der Waals surface area contributed by atoms with Gasteiger partial charge in [-0.2, -0.15) is 0 Å². The number of anilines is 2. The molecule has 1 aliphatic heterocycles. The van der Waals surface area contributed by atoms with E-state index in [-0.39, 0.29) is 6.61 Å². The SMILES string of the molecule is O=CN(CCCCCCCCO)c1ccc(=O)n(CC(=O)O)c1.c1ccc2c(N3CCCCC3)cncc2c1. The molecule has 0 atom stereocenters. The number of pyridine rings is 2. The second-order valence-corrected chi connectivity index (χ2v) is 9.82. The molecule has 1 fully saturated rings. The van der Waals surface area contributed by atoms with Crippen molar-refractivity contribution in [1.29, 1.82) is 0 Å². The monoisotopic (exact) mass is 536 g/mol. The van der Waals surface area contributed by atoms with Crippen molar-refractivity contribution in [2.24, 2.45) is 0 Å². The van der Waals surface area contributed by atoms with Crippen LogP contribution in [0.2, 0.25) is 0 Å². The third kappa shape index (κ3) is 9.51. The van der Waals surface area contributed by atoms with Crippen LogP contribution in [-0.2, 0) is 16.1 Å². The van der Waals surface area contributed by atoms with E-state index >= 15 is 0 Å². The number of rotatable bonds is 13. The number of benzene rings is 1. The largest absolute Gasteiger partial charge is 0.480 e. The smallest absolute Gasteiger partial charge is 0.323 e. The molecule has 1 aromatic carbocycles. The number of hydrogen-bond donors (Lipinski definition) is 2. The van der Waals surface area contributed by atoms with Crippen molar-refractivity contribution in [3.8, 4) is 0 Å². The number of carboxylic acid groups (broad SMARTS) is 1. The molecule has 0 saturated carbocycles. The zero-order valence-corrected chi connectivity index (χ0v) is 22.6. The Kier molecular flexibility index (Phi) is 12.5. The minimum atomic E-state index is -1.11. The molecule has 9 nitrogen and oxygen atoms in total. The maximum Gasteiger partial charge on any atom is 0.323 e. The van der Waals surface area contributed by atoms with Crippen LogP contribution in [0.3, 0.4) is 0 Å². The van der Waals surface area contributed by atoms with Gasteiger partial charge in [0.1, 0.15) is 6.54 Å². The van der Waals surface area contributed by atoms with Crippen LogP contribution in [0.4, 0.5) is 11.4 Å². The van der Waals surface area contributed by atoms with Crippen LogP contribution in [0.25, 0.3) is 10.8 Å². The highest BCUT2D eigenvalue weighted by atomic mass is 16.4. The molecule has 39 heavy (non-hydrogen) atoms. The molecule has 1 saturated heterocycles. The molecule has 0 aliphatic carbocycles. The molecule has 0 bridgehead atoms. The van der Waals surface area contributed by atoms with Gasteiger partial charge in [0.2, 0.25) is 6.41 Å². The molecule has 210 valence electrons. The van der Waals surface area contributed by atoms with Gasteiger partial charge < -0.3 is 24.6 Å². The zero-order chi connectivity index (χ0) is 27.9. The van der Waals surface area contributed by atoms with E-state index in [4.69, 9.17) is 10.2 Å². The van der Waals surface area contributed by atoms with Crippen LogP contribution in [0, 0.1) is 0 Å². The first kappa shape index (κ1) is 29.8. The number of piperidine rings is 1. The highest BCUT2D eigenvalue weighted by molar-refractivity contribution is 5.93. The average molecular weight is 537 g/mol. The summed E-state index contributed by atoms with van der Waals surface area (Å²) in [5.41, 5.74) is 1.41. The molecule has 0 unspecified atom stereocenters. The Morgan fingerprint density at radius 3 is 2.38 bits per heavy atom. The van der Waals surface area contributed by atoms with E-state index in [9.17, 15) is 14.4 Å². The Morgan fingerprint density at radius 1 is 0.949 bits per heavy atom. The van der Waals surface area contributed by atoms with E-state index in [0.29, 0.717) is 18.6 Å². The molecule has 9 heteroatoms. The van der Waals surface area contributed by atoms with Gasteiger partial charge in [-0.25, -0.2) is 0 Å². The molecule has 4 rings (SSSR count). The van der Waals surface area contributed by atoms with Crippen molar-refractivity contribution in [3.05, 3.63) is 65.3 Å². The standard InChI is InChI=1S/C16H24N2O5.C14H16N2/c19-10-6-4-2-1-3-5-9-17(13-20)14-7-8-15(21)18(11-14)12-16(22)23;1-4-8-16(9-5-1)14-11-15-10-12-6-2-3-7-13(12)14/h7-8,11,13,19H,1-6,9-10,12H2,(H,22,23);2-3,6-7,10-11H,1,4-5,8-9H2. The second kappa shape index (κ2) is 16.3. The molecule has 2 aromatic heterocycles. The van der Waals surface area contributed by atoms with Gasteiger partial charge >= 0.3 is 5.97 Å². The van der Waals surface area contributed by atoms with Gasteiger partial charge in [-0.05, 0) is 38.2 Å². The van der Waals surface area contributed by atoms with Crippen LogP contribution in [0.15, 0.2) is 59.8 Å². The molecule has 1 amide bonds. The lowest BCUT2D eigenvalue weighted by atomic mass is 10.1. The summed E-state index contributed by atoms with van der Waals surface area (Å²) in [4.78, 5) is 41.8. The Balaban J connectivity index is 0.000000228. The van der Waals surface area contributed by atoms with Crippen molar-refractivity contribution in [2.75, 3.05) is 36.0 Å². The number of amides is 1. The van der Waals surface area contributed by atoms with Crippen molar-refractivity contribution < 1.29 is 19.8 Å². The normalized spacial score (nSPS) is 13.0. The average Bonchev–Trinajstić information content (AvgIpc) is 2.96. The minimum absolute atomic E-state index is 0.227. The first-order valence-electron chi connectivity index (χ1n) is 13.9. The van der Waals surface area contributed by atoms with E-state index in [1.54, 1.807) is 0 Å². The summed E-state index contributed by atoms with van der Waals surface area (Å²) in [6, 6.07) is 11.3. The van der Waals surface area contributed by atoms with Gasteiger partial charge in [-0.3, -0.25) is 19.4 Å². The fourth-order valence-corrected chi connectivity index (χ4v) is 4.79. The van der Waals surface area contributed by atoms with Crippen LogP contribution >= 0.6 is 0 Å². The number of fused-ring (bicyclic) bond motifs is 1. The summed E-state index contributed by atoms with van der Waals surface area (Å²) < 4.78 is 1.07. The van der Waals surface area contributed by atoms with Gasteiger partial charge in [0, 0.05) is 55.5 Å². The quantitative estimate of drug-likeness (QED) is 0.245. The number of carboxylic acids is 1. The summed E-state index contributed by atoms with van der Waals surface area (Å²) in [7, 11) is 0. The van der Waals surface area contributed by atoms with E-state index in [1.165, 1.54) is 72.0 Å². The van der Waals surface area contributed by atoms with Crippen molar-refractivity contribution in [1.82, 2.24) is 9.55 Å². The third-order valence-electron chi connectivity index (χ3n) is 6.88. The molecule has 0 radical (unpaired) electrons. The highest BCUT2D eigenvalue weighted by Crippen LogP contribution is 2.27.